The van der Waals surface area contributed by atoms with Gasteiger partial charge in [-0.2, -0.15) is 0 Å². The van der Waals surface area contributed by atoms with E-state index >= 15 is 0 Å². The summed E-state index contributed by atoms with van der Waals surface area (Å²) in [5.41, 5.74) is 7.38. The number of amides is 1. The predicted octanol–water partition coefficient (Wildman–Crippen LogP) is 1.17. The van der Waals surface area contributed by atoms with Crippen molar-refractivity contribution >= 4 is 11.6 Å². The minimum Gasteiger partial charge on any atom is -0.378 e. The number of primary amides is 1. The topological polar surface area (TPSA) is 46.3 Å². The van der Waals surface area contributed by atoms with Gasteiger partial charge in [0.1, 0.15) is 0 Å². The van der Waals surface area contributed by atoms with E-state index in [1.54, 1.807) is 0 Å². The molecule has 1 rings (SSSR count). The summed E-state index contributed by atoms with van der Waals surface area (Å²) in [6, 6.07) is 8.11. The Bertz CT molecular complexity index is 321. The second-order valence-electron chi connectivity index (χ2n) is 3.53. The SMILES string of the molecule is CN(C)c1cccc(CCC(N)=O)c1. The highest BCUT2D eigenvalue weighted by Crippen LogP contribution is 2.14. The molecule has 3 heteroatoms. The number of nitrogens with two attached hydrogens (primary N) is 1. The zero-order valence-electron chi connectivity index (χ0n) is 8.66. The summed E-state index contributed by atoms with van der Waals surface area (Å²) in [5.74, 6) is -0.250. The minimum atomic E-state index is -0.250. The van der Waals surface area contributed by atoms with E-state index < -0.39 is 0 Å². The van der Waals surface area contributed by atoms with Crippen LogP contribution in [0.4, 0.5) is 5.69 Å². The Morgan fingerprint density at radius 3 is 2.71 bits per heavy atom. The Balaban J connectivity index is 2.68. The number of carbonyl (C=O) groups excluding carboxylic acids is 1. The standard InChI is InChI=1S/C11H16N2O/c1-13(2)10-5-3-4-9(8-10)6-7-11(12)14/h3-5,8H,6-7H2,1-2H3,(H2,12,14). The fourth-order valence-electron chi connectivity index (χ4n) is 1.26. The molecule has 2 N–H and O–H groups in total. The number of nitrogens with zero attached hydrogens (tertiary/aromatic N) is 1. The van der Waals surface area contributed by atoms with E-state index in [2.05, 4.69) is 6.07 Å². The molecule has 0 saturated heterocycles. The molecular weight excluding hydrogens is 176 g/mol. The van der Waals surface area contributed by atoms with E-state index in [-0.39, 0.29) is 5.91 Å². The number of anilines is 1. The van der Waals surface area contributed by atoms with Gasteiger partial charge in [0, 0.05) is 26.2 Å². The van der Waals surface area contributed by atoms with Crippen LogP contribution in [0.1, 0.15) is 12.0 Å². The third-order valence-electron chi connectivity index (χ3n) is 2.09. The lowest BCUT2D eigenvalue weighted by molar-refractivity contribution is -0.117. The first kappa shape index (κ1) is 10.6. The van der Waals surface area contributed by atoms with Crippen molar-refractivity contribution in [3.8, 4) is 0 Å². The number of rotatable bonds is 4. The van der Waals surface area contributed by atoms with E-state index in [0.717, 1.165) is 17.7 Å². The molecule has 0 aliphatic heterocycles. The van der Waals surface area contributed by atoms with E-state index in [4.69, 9.17) is 5.73 Å². The molecular formula is C11H16N2O. The van der Waals surface area contributed by atoms with Crippen molar-refractivity contribution in [2.45, 2.75) is 12.8 Å². The van der Waals surface area contributed by atoms with Crippen molar-refractivity contribution in [3.05, 3.63) is 29.8 Å². The van der Waals surface area contributed by atoms with Gasteiger partial charge in [-0.05, 0) is 24.1 Å². The number of carbonyl (C=O) groups is 1. The molecule has 14 heavy (non-hydrogen) atoms. The summed E-state index contributed by atoms with van der Waals surface area (Å²) in [6.45, 7) is 0. The first-order valence-electron chi connectivity index (χ1n) is 4.64. The molecule has 1 aromatic carbocycles. The van der Waals surface area contributed by atoms with E-state index in [0.29, 0.717) is 6.42 Å². The van der Waals surface area contributed by atoms with Crippen molar-refractivity contribution in [1.82, 2.24) is 0 Å². The minimum absolute atomic E-state index is 0.250. The van der Waals surface area contributed by atoms with Crippen LogP contribution in [0.2, 0.25) is 0 Å². The summed E-state index contributed by atoms with van der Waals surface area (Å²) in [4.78, 5) is 12.6. The largest absolute Gasteiger partial charge is 0.378 e. The molecule has 76 valence electrons. The smallest absolute Gasteiger partial charge is 0.217 e. The van der Waals surface area contributed by atoms with Crippen LogP contribution >= 0.6 is 0 Å². The first-order chi connectivity index (χ1) is 6.59. The second kappa shape index (κ2) is 4.65. The zero-order chi connectivity index (χ0) is 10.6. The van der Waals surface area contributed by atoms with Gasteiger partial charge in [0.15, 0.2) is 0 Å². The fraction of sp³-hybridized carbons (Fsp3) is 0.364. The van der Waals surface area contributed by atoms with Gasteiger partial charge in [-0.1, -0.05) is 12.1 Å². The molecule has 0 fully saturated rings. The molecule has 0 saturated carbocycles. The van der Waals surface area contributed by atoms with E-state index in [1.165, 1.54) is 0 Å². The maximum absolute atomic E-state index is 10.6. The Labute approximate surface area is 84.5 Å². The Morgan fingerprint density at radius 1 is 1.43 bits per heavy atom. The molecule has 1 amide bonds. The summed E-state index contributed by atoms with van der Waals surface area (Å²) < 4.78 is 0. The summed E-state index contributed by atoms with van der Waals surface area (Å²) in [5, 5.41) is 0. The van der Waals surface area contributed by atoms with Crippen LogP contribution in [-0.2, 0) is 11.2 Å². The molecule has 0 aromatic heterocycles. The zero-order valence-corrected chi connectivity index (χ0v) is 8.66. The fourth-order valence-corrected chi connectivity index (χ4v) is 1.26. The van der Waals surface area contributed by atoms with Gasteiger partial charge < -0.3 is 10.6 Å². The normalized spacial score (nSPS) is 9.86. The molecule has 0 unspecified atom stereocenters. The maximum atomic E-state index is 10.6. The maximum Gasteiger partial charge on any atom is 0.217 e. The van der Waals surface area contributed by atoms with Gasteiger partial charge in [0.2, 0.25) is 5.91 Å². The first-order valence-corrected chi connectivity index (χ1v) is 4.64. The van der Waals surface area contributed by atoms with Gasteiger partial charge in [0.25, 0.3) is 0 Å². The lowest BCUT2D eigenvalue weighted by Crippen LogP contribution is -2.12. The molecule has 0 atom stereocenters. The molecule has 0 aliphatic rings. The highest BCUT2D eigenvalue weighted by molar-refractivity contribution is 5.74. The Hall–Kier alpha value is -1.51. The van der Waals surface area contributed by atoms with Crippen LogP contribution in [0, 0.1) is 0 Å². The van der Waals surface area contributed by atoms with Crippen molar-refractivity contribution in [3.63, 3.8) is 0 Å². The van der Waals surface area contributed by atoms with Crippen LogP contribution in [0.15, 0.2) is 24.3 Å². The van der Waals surface area contributed by atoms with E-state index in [1.807, 2.05) is 37.2 Å². The molecule has 0 bridgehead atoms. The lowest BCUT2D eigenvalue weighted by Gasteiger charge is -2.13. The van der Waals surface area contributed by atoms with Gasteiger partial charge in [0.05, 0.1) is 0 Å². The summed E-state index contributed by atoms with van der Waals surface area (Å²) in [7, 11) is 3.99. The molecule has 0 heterocycles. The van der Waals surface area contributed by atoms with Crippen LogP contribution in [0.25, 0.3) is 0 Å². The highest BCUT2D eigenvalue weighted by atomic mass is 16.1. The molecule has 0 aliphatic carbocycles. The van der Waals surface area contributed by atoms with Crippen LogP contribution in [0.5, 0.6) is 0 Å². The van der Waals surface area contributed by atoms with Crippen molar-refractivity contribution < 1.29 is 4.79 Å². The van der Waals surface area contributed by atoms with Gasteiger partial charge in [-0.3, -0.25) is 4.79 Å². The summed E-state index contributed by atoms with van der Waals surface area (Å²) >= 11 is 0. The Morgan fingerprint density at radius 2 is 2.14 bits per heavy atom. The quantitative estimate of drug-likeness (QED) is 0.778. The monoisotopic (exact) mass is 192 g/mol. The van der Waals surface area contributed by atoms with Crippen molar-refractivity contribution in [2.75, 3.05) is 19.0 Å². The molecule has 1 aromatic rings. The van der Waals surface area contributed by atoms with E-state index in [9.17, 15) is 4.79 Å². The average Bonchev–Trinajstić information content (AvgIpc) is 2.15. The predicted molar refractivity (Wildman–Crippen MR) is 58.3 cm³/mol. The van der Waals surface area contributed by atoms with Gasteiger partial charge in [-0.25, -0.2) is 0 Å². The number of benzene rings is 1. The highest BCUT2D eigenvalue weighted by Gasteiger charge is 1.99. The number of hydrogen-bond donors (Lipinski definition) is 1. The summed E-state index contributed by atoms with van der Waals surface area (Å²) in [6.07, 6.45) is 1.13. The number of hydrogen-bond acceptors (Lipinski definition) is 2. The Kier molecular flexibility index (Phi) is 3.51. The third kappa shape index (κ3) is 3.09. The second-order valence-corrected chi connectivity index (χ2v) is 3.53. The van der Waals surface area contributed by atoms with Gasteiger partial charge in [-0.15, -0.1) is 0 Å². The van der Waals surface area contributed by atoms with Gasteiger partial charge >= 0.3 is 0 Å². The van der Waals surface area contributed by atoms with Crippen LogP contribution in [-0.4, -0.2) is 20.0 Å². The molecule has 0 radical (unpaired) electrons. The van der Waals surface area contributed by atoms with Crippen LogP contribution < -0.4 is 10.6 Å². The van der Waals surface area contributed by atoms with Crippen molar-refractivity contribution in [1.29, 1.82) is 0 Å². The molecule has 3 nitrogen and oxygen atoms in total. The lowest BCUT2D eigenvalue weighted by atomic mass is 10.1. The van der Waals surface area contributed by atoms with Crippen LogP contribution in [0.3, 0.4) is 0 Å². The average molecular weight is 192 g/mol. The number of aryl methyl sites for hydroxylation is 1. The molecule has 0 spiro atoms. The third-order valence-corrected chi connectivity index (χ3v) is 2.09. The van der Waals surface area contributed by atoms with Crippen molar-refractivity contribution in [2.24, 2.45) is 5.73 Å².